The van der Waals surface area contributed by atoms with E-state index in [-0.39, 0.29) is 18.6 Å². The van der Waals surface area contributed by atoms with Gasteiger partial charge in [0.05, 0.1) is 18.3 Å². The van der Waals surface area contributed by atoms with Crippen LogP contribution in [0.25, 0.3) is 0 Å². The molecule has 0 aliphatic carbocycles. The van der Waals surface area contributed by atoms with Crippen LogP contribution in [0.5, 0.6) is 5.75 Å². The molecule has 1 saturated heterocycles. The molecule has 132 valence electrons. The van der Waals surface area contributed by atoms with Gasteiger partial charge in [-0.05, 0) is 37.1 Å². The quantitative estimate of drug-likeness (QED) is 0.538. The van der Waals surface area contributed by atoms with Crippen molar-refractivity contribution >= 4 is 11.9 Å². The summed E-state index contributed by atoms with van der Waals surface area (Å²) in [5.74, 6) is -0.251. The summed E-state index contributed by atoms with van der Waals surface area (Å²) in [4.78, 5) is 23.3. The fraction of sp³-hybridized carbons (Fsp3) is 0.529. The van der Waals surface area contributed by atoms with Crippen molar-refractivity contribution in [3.05, 3.63) is 29.8 Å². The van der Waals surface area contributed by atoms with Gasteiger partial charge in [-0.2, -0.15) is 0 Å². The van der Waals surface area contributed by atoms with Crippen LogP contribution in [0.3, 0.4) is 0 Å². The molecule has 0 aromatic heterocycles. The van der Waals surface area contributed by atoms with E-state index in [1.165, 1.54) is 0 Å². The number of methoxy groups -OCH3 is 1. The molecule has 0 spiro atoms. The zero-order valence-corrected chi connectivity index (χ0v) is 13.8. The Bertz CT molecular complexity index is 524. The van der Waals surface area contributed by atoms with E-state index >= 15 is 0 Å². The molecular formula is C17H23NO6. The summed E-state index contributed by atoms with van der Waals surface area (Å²) in [6, 6.07) is 6.61. The fourth-order valence-electron chi connectivity index (χ4n) is 2.21. The van der Waals surface area contributed by atoms with Gasteiger partial charge in [-0.15, -0.1) is 0 Å². The molecule has 1 aliphatic heterocycles. The number of hydrogen-bond donors (Lipinski definition) is 1. The Balaban J connectivity index is 1.71. The van der Waals surface area contributed by atoms with Crippen LogP contribution in [0.2, 0.25) is 0 Å². The minimum Gasteiger partial charge on any atom is -0.491 e. The van der Waals surface area contributed by atoms with Gasteiger partial charge in [0.1, 0.15) is 12.4 Å². The van der Waals surface area contributed by atoms with Crippen molar-refractivity contribution in [3.8, 4) is 5.75 Å². The molecule has 0 saturated carbocycles. The fourth-order valence-corrected chi connectivity index (χ4v) is 2.21. The number of carbonyl (C=O) groups excluding carboxylic acids is 2. The van der Waals surface area contributed by atoms with E-state index in [1.807, 2.05) is 0 Å². The topological polar surface area (TPSA) is 83.1 Å². The van der Waals surface area contributed by atoms with E-state index in [0.717, 1.165) is 19.4 Å². The largest absolute Gasteiger partial charge is 0.491 e. The van der Waals surface area contributed by atoms with Crippen LogP contribution in [0.4, 0.5) is 0 Å². The molecule has 7 nitrogen and oxygen atoms in total. The number of benzene rings is 1. The second kappa shape index (κ2) is 9.89. The SMILES string of the molecule is COCCNC(=O)COC(=O)c1ccc(OC[C@@H]2CCCO2)cc1. The highest BCUT2D eigenvalue weighted by molar-refractivity contribution is 5.91. The Kier molecular flexibility index (Phi) is 7.51. The summed E-state index contributed by atoms with van der Waals surface area (Å²) in [5, 5.41) is 2.57. The molecule has 1 atom stereocenters. The summed E-state index contributed by atoms with van der Waals surface area (Å²) in [6.45, 7) is 1.76. The zero-order valence-electron chi connectivity index (χ0n) is 13.8. The molecule has 1 N–H and O–H groups in total. The van der Waals surface area contributed by atoms with Gasteiger partial charge in [0, 0.05) is 20.3 Å². The lowest BCUT2D eigenvalue weighted by Gasteiger charge is -2.11. The van der Waals surface area contributed by atoms with Gasteiger partial charge in [-0.3, -0.25) is 4.79 Å². The Hall–Kier alpha value is -2.12. The van der Waals surface area contributed by atoms with Crippen molar-refractivity contribution in [2.24, 2.45) is 0 Å². The molecule has 1 aliphatic rings. The normalized spacial score (nSPS) is 16.6. The van der Waals surface area contributed by atoms with E-state index in [2.05, 4.69) is 5.32 Å². The molecule has 2 rings (SSSR count). The monoisotopic (exact) mass is 337 g/mol. The van der Waals surface area contributed by atoms with Crippen molar-refractivity contribution in [1.29, 1.82) is 0 Å². The van der Waals surface area contributed by atoms with E-state index in [0.29, 0.717) is 31.1 Å². The Morgan fingerprint density at radius 3 is 2.75 bits per heavy atom. The van der Waals surface area contributed by atoms with Crippen LogP contribution >= 0.6 is 0 Å². The van der Waals surface area contributed by atoms with Crippen molar-refractivity contribution in [2.75, 3.05) is 40.1 Å². The highest BCUT2D eigenvalue weighted by atomic mass is 16.5. The minimum atomic E-state index is -0.553. The van der Waals surface area contributed by atoms with Gasteiger partial charge >= 0.3 is 5.97 Å². The summed E-state index contributed by atoms with van der Waals surface area (Å²) < 4.78 is 20.9. The van der Waals surface area contributed by atoms with Gasteiger partial charge in [-0.1, -0.05) is 0 Å². The predicted octanol–water partition coefficient (Wildman–Crippen LogP) is 1.16. The van der Waals surface area contributed by atoms with Gasteiger partial charge in [0.25, 0.3) is 5.91 Å². The maximum atomic E-state index is 11.9. The highest BCUT2D eigenvalue weighted by Crippen LogP contribution is 2.17. The zero-order chi connectivity index (χ0) is 17.2. The first-order chi connectivity index (χ1) is 11.7. The van der Waals surface area contributed by atoms with Crippen LogP contribution in [-0.2, 0) is 19.0 Å². The molecule has 1 heterocycles. The first-order valence-corrected chi connectivity index (χ1v) is 7.96. The third-order valence-corrected chi connectivity index (χ3v) is 3.51. The number of rotatable bonds is 9. The Labute approximate surface area is 141 Å². The lowest BCUT2D eigenvalue weighted by atomic mass is 10.2. The molecule has 1 fully saturated rings. The van der Waals surface area contributed by atoms with Crippen LogP contribution in [-0.4, -0.2) is 58.1 Å². The Morgan fingerprint density at radius 1 is 1.29 bits per heavy atom. The second-order valence-electron chi connectivity index (χ2n) is 5.39. The average molecular weight is 337 g/mol. The highest BCUT2D eigenvalue weighted by Gasteiger charge is 2.16. The van der Waals surface area contributed by atoms with Gasteiger partial charge in [0.2, 0.25) is 0 Å². The molecule has 1 amide bonds. The molecule has 0 unspecified atom stereocenters. The van der Waals surface area contributed by atoms with E-state index < -0.39 is 5.97 Å². The van der Waals surface area contributed by atoms with E-state index in [9.17, 15) is 9.59 Å². The summed E-state index contributed by atoms with van der Waals surface area (Å²) >= 11 is 0. The Morgan fingerprint density at radius 2 is 2.08 bits per heavy atom. The number of ether oxygens (including phenoxy) is 4. The van der Waals surface area contributed by atoms with Crippen molar-refractivity contribution < 1.29 is 28.5 Å². The number of esters is 1. The maximum absolute atomic E-state index is 11.9. The summed E-state index contributed by atoms with van der Waals surface area (Å²) in [7, 11) is 1.54. The number of amides is 1. The molecule has 7 heteroatoms. The first-order valence-electron chi connectivity index (χ1n) is 7.96. The van der Waals surface area contributed by atoms with Crippen molar-refractivity contribution in [1.82, 2.24) is 5.32 Å². The average Bonchev–Trinajstić information content (AvgIpc) is 3.12. The third-order valence-electron chi connectivity index (χ3n) is 3.51. The smallest absolute Gasteiger partial charge is 0.338 e. The van der Waals surface area contributed by atoms with E-state index in [1.54, 1.807) is 31.4 Å². The summed E-state index contributed by atoms with van der Waals surface area (Å²) in [6.07, 6.45) is 2.22. The first kappa shape index (κ1) is 18.2. The maximum Gasteiger partial charge on any atom is 0.338 e. The lowest BCUT2D eigenvalue weighted by Crippen LogP contribution is -2.31. The molecule has 0 bridgehead atoms. The molecule has 24 heavy (non-hydrogen) atoms. The van der Waals surface area contributed by atoms with E-state index in [4.69, 9.17) is 18.9 Å². The third kappa shape index (κ3) is 6.17. The number of carbonyl (C=O) groups is 2. The molecule has 0 radical (unpaired) electrons. The van der Waals surface area contributed by atoms with Crippen LogP contribution < -0.4 is 10.1 Å². The van der Waals surface area contributed by atoms with Crippen LogP contribution in [0.1, 0.15) is 23.2 Å². The number of nitrogens with one attached hydrogen (secondary N) is 1. The van der Waals surface area contributed by atoms with Gasteiger partial charge < -0.3 is 24.3 Å². The minimum absolute atomic E-state index is 0.145. The lowest BCUT2D eigenvalue weighted by molar-refractivity contribution is -0.124. The molecule has 1 aromatic carbocycles. The summed E-state index contributed by atoms with van der Waals surface area (Å²) in [5.41, 5.74) is 0.365. The van der Waals surface area contributed by atoms with Gasteiger partial charge in [0.15, 0.2) is 6.61 Å². The van der Waals surface area contributed by atoms with Crippen molar-refractivity contribution in [3.63, 3.8) is 0 Å². The molecule has 1 aromatic rings. The van der Waals surface area contributed by atoms with Gasteiger partial charge in [-0.25, -0.2) is 4.79 Å². The predicted molar refractivity (Wildman–Crippen MR) is 86.1 cm³/mol. The van der Waals surface area contributed by atoms with Crippen molar-refractivity contribution in [2.45, 2.75) is 18.9 Å². The second-order valence-corrected chi connectivity index (χ2v) is 5.39. The molecular weight excluding hydrogens is 314 g/mol. The standard InChI is InChI=1S/C17H23NO6/c1-21-10-8-18-16(19)12-24-17(20)13-4-6-14(7-5-13)23-11-15-3-2-9-22-15/h4-7,15H,2-3,8-12H2,1H3,(H,18,19)/t15-/m0/s1. The van der Waals surface area contributed by atoms with Crippen LogP contribution in [0, 0.1) is 0 Å². The van der Waals surface area contributed by atoms with Crippen LogP contribution in [0.15, 0.2) is 24.3 Å². The number of hydrogen-bond acceptors (Lipinski definition) is 6.